The van der Waals surface area contributed by atoms with Gasteiger partial charge in [-0.3, -0.25) is 10.1 Å². The summed E-state index contributed by atoms with van der Waals surface area (Å²) in [5.41, 5.74) is 3.74. The average molecular weight is 282 g/mol. The molecule has 0 radical (unpaired) electrons. The maximum absolute atomic E-state index is 12.3. The summed E-state index contributed by atoms with van der Waals surface area (Å²) in [4.78, 5) is 16.7. The van der Waals surface area contributed by atoms with Crippen molar-refractivity contribution in [2.75, 3.05) is 5.32 Å². The molecule has 1 heterocycles. The fourth-order valence-electron chi connectivity index (χ4n) is 2.20. The van der Waals surface area contributed by atoms with Gasteiger partial charge in [-0.25, -0.2) is 4.98 Å². The molecule has 0 bridgehead atoms. The Balaban J connectivity index is 1.88. The first-order valence-electron chi connectivity index (χ1n) is 6.37. The molecule has 1 aromatic heterocycles. The number of nitrogens with zero attached hydrogens (tertiary/aromatic N) is 1. The molecule has 3 aromatic rings. The lowest BCUT2D eigenvalue weighted by Gasteiger charge is -2.04. The van der Waals surface area contributed by atoms with Crippen LogP contribution in [0, 0.1) is 13.8 Å². The van der Waals surface area contributed by atoms with Crippen molar-refractivity contribution in [3.63, 3.8) is 0 Å². The summed E-state index contributed by atoms with van der Waals surface area (Å²) in [7, 11) is 0. The Morgan fingerprint density at radius 2 is 1.80 bits per heavy atom. The Kier molecular flexibility index (Phi) is 3.24. The number of carbonyl (C=O) groups excluding carboxylic acids is 1. The van der Waals surface area contributed by atoms with Crippen molar-refractivity contribution in [2.24, 2.45) is 0 Å². The van der Waals surface area contributed by atoms with Crippen LogP contribution < -0.4 is 5.32 Å². The first kappa shape index (κ1) is 12.8. The van der Waals surface area contributed by atoms with E-state index in [2.05, 4.69) is 16.4 Å². The van der Waals surface area contributed by atoms with Gasteiger partial charge in [-0.15, -0.1) is 0 Å². The van der Waals surface area contributed by atoms with Crippen LogP contribution >= 0.6 is 11.3 Å². The molecular formula is C16H14N2OS. The fraction of sp³-hybridized carbons (Fsp3) is 0.125. The molecule has 3 nitrogen and oxygen atoms in total. The van der Waals surface area contributed by atoms with E-state index in [0.717, 1.165) is 21.3 Å². The average Bonchev–Trinajstić information content (AvgIpc) is 2.79. The lowest BCUT2D eigenvalue weighted by Crippen LogP contribution is -2.12. The highest BCUT2D eigenvalue weighted by atomic mass is 32.1. The van der Waals surface area contributed by atoms with Gasteiger partial charge in [0.05, 0.1) is 10.2 Å². The van der Waals surface area contributed by atoms with E-state index in [1.165, 1.54) is 11.3 Å². The van der Waals surface area contributed by atoms with Crippen LogP contribution in [0.4, 0.5) is 5.13 Å². The first-order valence-corrected chi connectivity index (χ1v) is 7.19. The highest BCUT2D eigenvalue weighted by Gasteiger charge is 2.10. The van der Waals surface area contributed by atoms with Gasteiger partial charge in [-0.2, -0.15) is 0 Å². The van der Waals surface area contributed by atoms with E-state index >= 15 is 0 Å². The van der Waals surface area contributed by atoms with Gasteiger partial charge in [0.2, 0.25) is 0 Å². The van der Waals surface area contributed by atoms with Crippen LogP contribution in [0.3, 0.4) is 0 Å². The number of hydrogen-bond donors (Lipinski definition) is 1. The molecule has 0 unspecified atom stereocenters. The van der Waals surface area contributed by atoms with Gasteiger partial charge in [-0.1, -0.05) is 40.7 Å². The standard InChI is InChI=1S/C16H14N2OS/c1-10-7-11(2)9-12(8-10)15(19)18-16-17-13-5-3-4-6-14(13)20-16/h3-9H,1-2H3,(H,17,18,19). The molecule has 0 spiro atoms. The van der Waals surface area contributed by atoms with E-state index < -0.39 is 0 Å². The van der Waals surface area contributed by atoms with Gasteiger partial charge < -0.3 is 0 Å². The summed E-state index contributed by atoms with van der Waals surface area (Å²) in [6.07, 6.45) is 0. The molecular weight excluding hydrogens is 268 g/mol. The van der Waals surface area contributed by atoms with Crippen LogP contribution in [0.5, 0.6) is 0 Å². The molecule has 4 heteroatoms. The maximum Gasteiger partial charge on any atom is 0.257 e. The largest absolute Gasteiger partial charge is 0.298 e. The molecule has 1 amide bonds. The Bertz CT molecular complexity index is 739. The topological polar surface area (TPSA) is 42.0 Å². The third-order valence-electron chi connectivity index (χ3n) is 3.00. The van der Waals surface area contributed by atoms with Crippen LogP contribution in [0.1, 0.15) is 21.5 Å². The molecule has 1 N–H and O–H groups in total. The molecule has 20 heavy (non-hydrogen) atoms. The summed E-state index contributed by atoms with van der Waals surface area (Å²) >= 11 is 1.49. The normalized spacial score (nSPS) is 10.7. The van der Waals surface area contributed by atoms with Gasteiger partial charge in [0.15, 0.2) is 5.13 Å². The monoisotopic (exact) mass is 282 g/mol. The molecule has 0 aliphatic rings. The summed E-state index contributed by atoms with van der Waals surface area (Å²) < 4.78 is 1.07. The van der Waals surface area contributed by atoms with Gasteiger partial charge >= 0.3 is 0 Å². The number of hydrogen-bond acceptors (Lipinski definition) is 3. The van der Waals surface area contributed by atoms with Crippen molar-refractivity contribution in [3.05, 3.63) is 59.2 Å². The van der Waals surface area contributed by atoms with Crippen molar-refractivity contribution in [2.45, 2.75) is 13.8 Å². The predicted octanol–water partition coefficient (Wildman–Crippen LogP) is 4.17. The van der Waals surface area contributed by atoms with E-state index in [1.807, 2.05) is 50.2 Å². The van der Waals surface area contributed by atoms with Gasteiger partial charge in [0.1, 0.15) is 0 Å². The number of thiazole rings is 1. The summed E-state index contributed by atoms with van der Waals surface area (Å²) in [5.74, 6) is -0.115. The van der Waals surface area contributed by atoms with Crippen molar-refractivity contribution < 1.29 is 4.79 Å². The molecule has 0 saturated carbocycles. The lowest BCUT2D eigenvalue weighted by molar-refractivity contribution is 0.102. The smallest absolute Gasteiger partial charge is 0.257 e. The molecule has 0 aliphatic carbocycles. The highest BCUT2D eigenvalue weighted by Crippen LogP contribution is 2.25. The Hall–Kier alpha value is -2.20. The highest BCUT2D eigenvalue weighted by molar-refractivity contribution is 7.22. The number of para-hydroxylation sites is 1. The van der Waals surface area contributed by atoms with Crippen LogP contribution in [-0.2, 0) is 0 Å². The minimum absolute atomic E-state index is 0.115. The number of aryl methyl sites for hydroxylation is 2. The van der Waals surface area contributed by atoms with E-state index in [1.54, 1.807) is 0 Å². The zero-order valence-electron chi connectivity index (χ0n) is 11.3. The second kappa shape index (κ2) is 5.06. The Morgan fingerprint density at radius 3 is 2.50 bits per heavy atom. The Labute approximate surface area is 121 Å². The number of anilines is 1. The lowest BCUT2D eigenvalue weighted by atomic mass is 10.1. The van der Waals surface area contributed by atoms with E-state index in [4.69, 9.17) is 0 Å². The predicted molar refractivity (Wildman–Crippen MR) is 83.5 cm³/mol. The quantitative estimate of drug-likeness (QED) is 0.766. The second-order valence-corrected chi connectivity index (χ2v) is 5.85. The number of amides is 1. The number of rotatable bonds is 2. The first-order chi connectivity index (χ1) is 9.61. The van der Waals surface area contributed by atoms with E-state index in [0.29, 0.717) is 10.7 Å². The Morgan fingerprint density at radius 1 is 1.10 bits per heavy atom. The van der Waals surface area contributed by atoms with E-state index in [-0.39, 0.29) is 5.91 Å². The molecule has 0 saturated heterocycles. The molecule has 0 fully saturated rings. The molecule has 0 atom stereocenters. The molecule has 3 rings (SSSR count). The van der Waals surface area contributed by atoms with Gasteiger partial charge in [0.25, 0.3) is 5.91 Å². The third-order valence-corrected chi connectivity index (χ3v) is 3.95. The van der Waals surface area contributed by atoms with Gasteiger partial charge in [0, 0.05) is 5.56 Å². The summed E-state index contributed by atoms with van der Waals surface area (Å²) in [6.45, 7) is 3.98. The van der Waals surface area contributed by atoms with Crippen molar-refractivity contribution in [1.29, 1.82) is 0 Å². The van der Waals surface area contributed by atoms with Crippen LogP contribution in [0.2, 0.25) is 0 Å². The maximum atomic E-state index is 12.3. The van der Waals surface area contributed by atoms with Crippen LogP contribution in [-0.4, -0.2) is 10.9 Å². The minimum atomic E-state index is -0.115. The molecule has 0 aliphatic heterocycles. The zero-order chi connectivity index (χ0) is 14.1. The van der Waals surface area contributed by atoms with Crippen LogP contribution in [0.15, 0.2) is 42.5 Å². The van der Waals surface area contributed by atoms with Crippen molar-refractivity contribution in [3.8, 4) is 0 Å². The summed E-state index contributed by atoms with van der Waals surface area (Å²) in [5, 5.41) is 3.51. The minimum Gasteiger partial charge on any atom is -0.298 e. The molecule has 100 valence electrons. The summed E-state index contributed by atoms with van der Waals surface area (Å²) in [6, 6.07) is 13.7. The third kappa shape index (κ3) is 2.56. The SMILES string of the molecule is Cc1cc(C)cc(C(=O)Nc2nc3ccccc3s2)c1. The number of nitrogens with one attached hydrogen (secondary N) is 1. The number of aromatic nitrogens is 1. The van der Waals surface area contributed by atoms with E-state index in [9.17, 15) is 4.79 Å². The fourth-order valence-corrected chi connectivity index (χ4v) is 3.06. The zero-order valence-corrected chi connectivity index (χ0v) is 12.1. The second-order valence-electron chi connectivity index (χ2n) is 4.82. The number of fused-ring (bicyclic) bond motifs is 1. The molecule has 2 aromatic carbocycles. The van der Waals surface area contributed by atoms with Crippen molar-refractivity contribution >= 4 is 32.6 Å². The van der Waals surface area contributed by atoms with Crippen LogP contribution in [0.25, 0.3) is 10.2 Å². The number of carbonyl (C=O) groups is 1. The number of benzene rings is 2. The van der Waals surface area contributed by atoms with Crippen molar-refractivity contribution in [1.82, 2.24) is 4.98 Å². The van der Waals surface area contributed by atoms with Gasteiger partial charge in [-0.05, 0) is 38.1 Å².